The third kappa shape index (κ3) is 2.80. The minimum Gasteiger partial charge on any atom is -0.365 e. The number of morpholine rings is 1. The molecule has 0 spiro atoms. The van der Waals surface area contributed by atoms with Crippen molar-refractivity contribution >= 4 is 5.91 Å². The van der Waals surface area contributed by atoms with E-state index in [2.05, 4.69) is 29.4 Å². The number of amides is 1. The summed E-state index contributed by atoms with van der Waals surface area (Å²) in [6.07, 6.45) is 1.80. The Hall–Kier alpha value is -1.39. The van der Waals surface area contributed by atoms with Crippen molar-refractivity contribution in [3.8, 4) is 0 Å². The number of carbonyl (C=O) groups is 1. The Balaban J connectivity index is 1.80. The minimum absolute atomic E-state index is 0.00806. The van der Waals surface area contributed by atoms with Gasteiger partial charge in [-0.3, -0.25) is 9.69 Å². The van der Waals surface area contributed by atoms with E-state index in [1.54, 1.807) is 0 Å². The molecule has 2 aliphatic rings. The molecule has 1 aliphatic carbocycles. The van der Waals surface area contributed by atoms with Gasteiger partial charge in [0.25, 0.3) is 5.91 Å². The van der Waals surface area contributed by atoms with E-state index in [9.17, 15) is 4.79 Å². The van der Waals surface area contributed by atoms with E-state index in [-0.39, 0.29) is 11.9 Å². The highest BCUT2D eigenvalue weighted by Crippen LogP contribution is 2.29. The second-order valence-corrected chi connectivity index (χ2v) is 5.41. The van der Waals surface area contributed by atoms with Crippen molar-refractivity contribution in [2.45, 2.75) is 31.0 Å². The third-order valence-corrected chi connectivity index (χ3v) is 3.83. The van der Waals surface area contributed by atoms with Crippen LogP contribution in [0.5, 0.6) is 0 Å². The zero-order valence-electron chi connectivity index (χ0n) is 11.2. The predicted molar refractivity (Wildman–Crippen MR) is 72.7 cm³/mol. The van der Waals surface area contributed by atoms with Crippen LogP contribution in [0, 0.1) is 0 Å². The van der Waals surface area contributed by atoms with Gasteiger partial charge in [-0.25, -0.2) is 0 Å². The van der Waals surface area contributed by atoms with Crippen LogP contribution in [-0.4, -0.2) is 43.2 Å². The fourth-order valence-corrected chi connectivity index (χ4v) is 2.59. The van der Waals surface area contributed by atoms with Gasteiger partial charge in [0, 0.05) is 12.6 Å². The summed E-state index contributed by atoms with van der Waals surface area (Å²) >= 11 is 0. The molecule has 1 amide bonds. The van der Waals surface area contributed by atoms with Crippen molar-refractivity contribution in [2.24, 2.45) is 0 Å². The van der Waals surface area contributed by atoms with E-state index < -0.39 is 6.10 Å². The number of hydrogen-bond donors (Lipinski definition) is 1. The topological polar surface area (TPSA) is 41.6 Å². The van der Waals surface area contributed by atoms with E-state index in [4.69, 9.17) is 4.74 Å². The van der Waals surface area contributed by atoms with Gasteiger partial charge < -0.3 is 10.1 Å². The number of hydrogen-bond acceptors (Lipinski definition) is 3. The molecule has 2 fully saturated rings. The van der Waals surface area contributed by atoms with Crippen LogP contribution in [0.15, 0.2) is 30.3 Å². The molecule has 102 valence electrons. The molecular formula is C15H20N2O2. The SMILES string of the molecule is CN1CCO[C@@H](C(=O)NC2CC2)[C@@H]1c1ccccc1. The van der Waals surface area contributed by atoms with E-state index >= 15 is 0 Å². The first-order valence-corrected chi connectivity index (χ1v) is 6.93. The molecule has 1 N–H and O–H groups in total. The molecule has 1 saturated heterocycles. The molecule has 1 aromatic rings. The van der Waals surface area contributed by atoms with Gasteiger partial charge in [0.15, 0.2) is 6.10 Å². The summed E-state index contributed by atoms with van der Waals surface area (Å²) in [7, 11) is 2.05. The van der Waals surface area contributed by atoms with Gasteiger partial charge in [0.1, 0.15) is 0 Å². The third-order valence-electron chi connectivity index (χ3n) is 3.83. The Bertz CT molecular complexity index is 445. The lowest BCUT2D eigenvalue weighted by atomic mass is 9.98. The summed E-state index contributed by atoms with van der Waals surface area (Å²) in [5, 5.41) is 3.05. The summed E-state index contributed by atoms with van der Waals surface area (Å²) in [4.78, 5) is 14.5. The molecule has 1 heterocycles. The van der Waals surface area contributed by atoms with Gasteiger partial charge in [-0.05, 0) is 25.5 Å². The number of rotatable bonds is 3. The number of ether oxygens (including phenoxy) is 1. The molecule has 1 aromatic carbocycles. The smallest absolute Gasteiger partial charge is 0.251 e. The molecular weight excluding hydrogens is 240 g/mol. The lowest BCUT2D eigenvalue weighted by Crippen LogP contribution is -2.51. The van der Waals surface area contributed by atoms with Crippen LogP contribution in [0.25, 0.3) is 0 Å². The standard InChI is InChI=1S/C15H20N2O2/c1-17-9-10-19-14(15(18)16-12-7-8-12)13(17)11-5-3-2-4-6-11/h2-6,12-14H,7-10H2,1H3,(H,16,18)/t13-,14+/m0/s1. The summed E-state index contributed by atoms with van der Waals surface area (Å²) in [6.45, 7) is 1.47. The monoisotopic (exact) mass is 260 g/mol. The first-order valence-electron chi connectivity index (χ1n) is 6.93. The number of benzene rings is 1. The second kappa shape index (κ2) is 5.31. The molecule has 4 nitrogen and oxygen atoms in total. The van der Waals surface area contributed by atoms with Gasteiger partial charge in [0.2, 0.25) is 0 Å². The average Bonchev–Trinajstić information content (AvgIpc) is 3.23. The van der Waals surface area contributed by atoms with Crippen LogP contribution in [0.4, 0.5) is 0 Å². The Kier molecular flexibility index (Phi) is 3.53. The van der Waals surface area contributed by atoms with Crippen LogP contribution in [0.1, 0.15) is 24.4 Å². The van der Waals surface area contributed by atoms with Crippen LogP contribution in [0.3, 0.4) is 0 Å². The first kappa shape index (κ1) is 12.6. The van der Waals surface area contributed by atoms with E-state index in [0.29, 0.717) is 12.6 Å². The quantitative estimate of drug-likeness (QED) is 0.891. The van der Waals surface area contributed by atoms with Gasteiger partial charge in [-0.2, -0.15) is 0 Å². The van der Waals surface area contributed by atoms with Crippen molar-refractivity contribution < 1.29 is 9.53 Å². The maximum Gasteiger partial charge on any atom is 0.251 e. The lowest BCUT2D eigenvalue weighted by Gasteiger charge is -2.38. The van der Waals surface area contributed by atoms with Crippen molar-refractivity contribution in [3.05, 3.63) is 35.9 Å². The number of nitrogens with one attached hydrogen (secondary N) is 1. The van der Waals surface area contributed by atoms with Crippen molar-refractivity contribution in [3.63, 3.8) is 0 Å². The van der Waals surface area contributed by atoms with Crippen molar-refractivity contribution in [2.75, 3.05) is 20.2 Å². The Morgan fingerprint density at radius 2 is 2.05 bits per heavy atom. The molecule has 0 bridgehead atoms. The summed E-state index contributed by atoms with van der Waals surface area (Å²) in [5.41, 5.74) is 1.14. The highest BCUT2D eigenvalue weighted by Gasteiger charge is 2.38. The minimum atomic E-state index is -0.401. The fraction of sp³-hybridized carbons (Fsp3) is 0.533. The Morgan fingerprint density at radius 3 is 2.74 bits per heavy atom. The summed E-state index contributed by atoms with van der Waals surface area (Å²) in [5.74, 6) is 0.0305. The maximum absolute atomic E-state index is 12.3. The number of nitrogens with zero attached hydrogens (tertiary/aromatic N) is 1. The van der Waals surface area contributed by atoms with Crippen LogP contribution < -0.4 is 5.32 Å². The van der Waals surface area contributed by atoms with E-state index in [0.717, 1.165) is 24.9 Å². The van der Waals surface area contributed by atoms with Gasteiger partial charge in [-0.15, -0.1) is 0 Å². The van der Waals surface area contributed by atoms with Crippen LogP contribution in [-0.2, 0) is 9.53 Å². The average molecular weight is 260 g/mol. The second-order valence-electron chi connectivity index (χ2n) is 5.41. The summed E-state index contributed by atoms with van der Waals surface area (Å²) in [6, 6.07) is 10.5. The van der Waals surface area contributed by atoms with Crippen LogP contribution >= 0.6 is 0 Å². The molecule has 0 radical (unpaired) electrons. The number of likely N-dealkylation sites (N-methyl/N-ethyl adjacent to an activating group) is 1. The zero-order chi connectivity index (χ0) is 13.2. The molecule has 0 unspecified atom stereocenters. The van der Waals surface area contributed by atoms with Crippen LogP contribution in [0.2, 0.25) is 0 Å². The Labute approximate surface area is 113 Å². The van der Waals surface area contributed by atoms with E-state index in [1.807, 2.05) is 18.2 Å². The van der Waals surface area contributed by atoms with Gasteiger partial charge >= 0.3 is 0 Å². The number of carbonyl (C=O) groups excluding carboxylic acids is 1. The highest BCUT2D eigenvalue weighted by molar-refractivity contribution is 5.82. The van der Waals surface area contributed by atoms with Gasteiger partial charge in [-0.1, -0.05) is 30.3 Å². The largest absolute Gasteiger partial charge is 0.365 e. The van der Waals surface area contributed by atoms with E-state index in [1.165, 1.54) is 0 Å². The Morgan fingerprint density at radius 1 is 1.32 bits per heavy atom. The molecule has 0 aromatic heterocycles. The van der Waals surface area contributed by atoms with Crippen molar-refractivity contribution in [1.82, 2.24) is 10.2 Å². The molecule has 19 heavy (non-hydrogen) atoms. The normalized spacial score (nSPS) is 28.1. The zero-order valence-corrected chi connectivity index (χ0v) is 11.2. The molecule has 1 aliphatic heterocycles. The highest BCUT2D eigenvalue weighted by atomic mass is 16.5. The van der Waals surface area contributed by atoms with Gasteiger partial charge in [0.05, 0.1) is 12.6 Å². The maximum atomic E-state index is 12.3. The molecule has 2 atom stereocenters. The first-order chi connectivity index (χ1) is 9.25. The van der Waals surface area contributed by atoms with Crippen molar-refractivity contribution in [1.29, 1.82) is 0 Å². The predicted octanol–water partition coefficient (Wildman–Crippen LogP) is 1.34. The molecule has 4 heteroatoms. The molecule has 1 saturated carbocycles. The summed E-state index contributed by atoms with van der Waals surface area (Å²) < 4.78 is 5.75. The lowest BCUT2D eigenvalue weighted by molar-refractivity contribution is -0.144. The molecule has 3 rings (SSSR count). The fourth-order valence-electron chi connectivity index (χ4n) is 2.59.